The number of unbranched alkanes of at least 4 members (excludes halogenated alkanes) is 1. The van der Waals surface area contributed by atoms with Gasteiger partial charge in [-0.05, 0) is 18.4 Å². The van der Waals surface area contributed by atoms with Gasteiger partial charge in [0.1, 0.15) is 5.01 Å². The van der Waals surface area contributed by atoms with E-state index in [9.17, 15) is 4.79 Å². The first-order chi connectivity index (χ1) is 12.2. The summed E-state index contributed by atoms with van der Waals surface area (Å²) in [6.07, 6.45) is 3.07. The second-order valence-electron chi connectivity index (χ2n) is 5.80. The fourth-order valence-corrected chi connectivity index (χ4v) is 4.25. The molecule has 25 heavy (non-hydrogen) atoms. The van der Waals surface area contributed by atoms with Crippen LogP contribution in [0.1, 0.15) is 37.9 Å². The predicted molar refractivity (Wildman–Crippen MR) is 104 cm³/mol. The topological polar surface area (TPSA) is 63.6 Å². The highest BCUT2D eigenvalue weighted by atomic mass is 32.2. The van der Waals surface area contributed by atoms with Gasteiger partial charge >= 0.3 is 5.69 Å². The number of nitrogens with one attached hydrogen (secondary N) is 1. The molecule has 0 bridgehead atoms. The van der Waals surface area contributed by atoms with E-state index in [0.29, 0.717) is 12.3 Å². The largest absolute Gasteiger partial charge is 0.343 e. The number of nitrogens with zero attached hydrogens (tertiary/aromatic N) is 3. The van der Waals surface area contributed by atoms with Crippen molar-refractivity contribution < 1.29 is 0 Å². The van der Waals surface area contributed by atoms with E-state index in [1.54, 1.807) is 27.7 Å². The van der Waals surface area contributed by atoms with Crippen molar-refractivity contribution in [2.75, 3.05) is 0 Å². The van der Waals surface area contributed by atoms with Crippen LogP contribution in [0.4, 0.5) is 0 Å². The number of rotatable bonds is 8. The van der Waals surface area contributed by atoms with Crippen molar-refractivity contribution >= 4 is 23.1 Å². The number of H-pyrrole nitrogens is 1. The monoisotopic (exact) mass is 374 g/mol. The highest BCUT2D eigenvalue weighted by Crippen LogP contribution is 2.27. The zero-order chi connectivity index (χ0) is 17.6. The molecule has 0 aliphatic carbocycles. The summed E-state index contributed by atoms with van der Waals surface area (Å²) in [5.41, 5.74) is 3.37. The number of hydrogen-bond donors (Lipinski definition) is 1. The molecule has 0 aliphatic rings. The Labute approximate surface area is 155 Å². The van der Waals surface area contributed by atoms with Crippen LogP contribution in [0, 0.1) is 0 Å². The minimum absolute atomic E-state index is 0.133. The average Bonchev–Trinajstić information content (AvgIpc) is 3.25. The molecule has 0 radical (unpaired) electrons. The second-order valence-corrected chi connectivity index (χ2v) is 7.60. The summed E-state index contributed by atoms with van der Waals surface area (Å²) in [6, 6.07) is 8.57. The van der Waals surface area contributed by atoms with Gasteiger partial charge in [0, 0.05) is 23.2 Å². The molecule has 132 valence electrons. The number of thiazole rings is 1. The SMILES string of the molecule is CCCCn1c(SCc2csc(-c3ccc(CC)cc3)n2)n[nH]c1=O. The molecular weight excluding hydrogens is 352 g/mol. The molecule has 3 rings (SSSR count). The van der Waals surface area contributed by atoms with Crippen molar-refractivity contribution in [1.29, 1.82) is 0 Å². The zero-order valence-corrected chi connectivity index (χ0v) is 16.1. The number of aromatic amines is 1. The van der Waals surface area contributed by atoms with E-state index in [2.05, 4.69) is 53.7 Å². The highest BCUT2D eigenvalue weighted by molar-refractivity contribution is 7.98. The molecule has 3 aromatic rings. The lowest BCUT2D eigenvalue weighted by molar-refractivity contribution is 0.573. The molecule has 1 aromatic carbocycles. The Bertz CT molecular complexity index is 864. The number of hydrogen-bond acceptors (Lipinski definition) is 5. The lowest BCUT2D eigenvalue weighted by Gasteiger charge is -2.03. The third-order valence-electron chi connectivity index (χ3n) is 3.97. The number of thioether (sulfide) groups is 1. The third-order valence-corrected chi connectivity index (χ3v) is 5.92. The molecule has 0 unspecified atom stereocenters. The highest BCUT2D eigenvalue weighted by Gasteiger charge is 2.11. The Balaban J connectivity index is 1.67. The van der Waals surface area contributed by atoms with Crippen molar-refractivity contribution in [3.8, 4) is 10.6 Å². The summed E-state index contributed by atoms with van der Waals surface area (Å²) in [5.74, 6) is 0.708. The molecule has 0 saturated carbocycles. The van der Waals surface area contributed by atoms with Crippen molar-refractivity contribution in [2.45, 2.75) is 50.6 Å². The summed E-state index contributed by atoms with van der Waals surface area (Å²) >= 11 is 3.20. The minimum Gasteiger partial charge on any atom is -0.270 e. The van der Waals surface area contributed by atoms with E-state index in [4.69, 9.17) is 4.98 Å². The maximum Gasteiger partial charge on any atom is 0.343 e. The maximum atomic E-state index is 11.8. The number of benzene rings is 1. The van der Waals surface area contributed by atoms with Crippen molar-refractivity contribution in [3.05, 3.63) is 51.4 Å². The first kappa shape index (κ1) is 17.9. The summed E-state index contributed by atoms with van der Waals surface area (Å²) < 4.78 is 1.71. The van der Waals surface area contributed by atoms with E-state index in [0.717, 1.165) is 40.7 Å². The maximum absolute atomic E-state index is 11.8. The molecule has 0 amide bonds. The number of aryl methyl sites for hydroxylation is 1. The zero-order valence-electron chi connectivity index (χ0n) is 14.5. The average molecular weight is 375 g/mol. The molecule has 2 aromatic heterocycles. The van der Waals surface area contributed by atoms with E-state index in [1.807, 2.05) is 0 Å². The summed E-state index contributed by atoms with van der Waals surface area (Å²) in [6.45, 7) is 4.98. The summed E-state index contributed by atoms with van der Waals surface area (Å²) in [7, 11) is 0. The van der Waals surface area contributed by atoms with Crippen LogP contribution in [0.25, 0.3) is 10.6 Å². The van der Waals surface area contributed by atoms with Gasteiger partial charge in [-0.1, -0.05) is 56.3 Å². The van der Waals surface area contributed by atoms with Gasteiger partial charge in [-0.3, -0.25) is 4.57 Å². The Hall–Kier alpha value is -1.86. The van der Waals surface area contributed by atoms with Gasteiger partial charge in [-0.15, -0.1) is 16.4 Å². The van der Waals surface area contributed by atoms with Gasteiger partial charge in [0.15, 0.2) is 5.16 Å². The first-order valence-electron chi connectivity index (χ1n) is 8.53. The van der Waals surface area contributed by atoms with E-state index < -0.39 is 0 Å². The molecule has 2 heterocycles. The van der Waals surface area contributed by atoms with Gasteiger partial charge in [0.2, 0.25) is 0 Å². The molecule has 0 aliphatic heterocycles. The Morgan fingerprint density at radius 3 is 2.76 bits per heavy atom. The van der Waals surface area contributed by atoms with Crippen LogP contribution in [0.3, 0.4) is 0 Å². The van der Waals surface area contributed by atoms with E-state index >= 15 is 0 Å². The van der Waals surface area contributed by atoms with Crippen LogP contribution in [-0.2, 0) is 18.7 Å². The molecule has 5 nitrogen and oxygen atoms in total. The molecule has 7 heteroatoms. The van der Waals surface area contributed by atoms with Crippen molar-refractivity contribution in [2.24, 2.45) is 0 Å². The molecule has 1 N–H and O–H groups in total. The molecule has 0 spiro atoms. The van der Waals surface area contributed by atoms with Crippen LogP contribution >= 0.6 is 23.1 Å². The Morgan fingerprint density at radius 1 is 1.24 bits per heavy atom. The van der Waals surface area contributed by atoms with Crippen molar-refractivity contribution in [1.82, 2.24) is 19.7 Å². The van der Waals surface area contributed by atoms with Crippen LogP contribution in [-0.4, -0.2) is 19.7 Å². The smallest absolute Gasteiger partial charge is 0.270 e. The Morgan fingerprint density at radius 2 is 2.04 bits per heavy atom. The summed E-state index contributed by atoms with van der Waals surface area (Å²) in [4.78, 5) is 16.5. The van der Waals surface area contributed by atoms with Gasteiger partial charge in [-0.2, -0.15) is 0 Å². The van der Waals surface area contributed by atoms with E-state index in [-0.39, 0.29) is 5.69 Å². The fourth-order valence-electron chi connectivity index (χ4n) is 2.45. The third kappa shape index (κ3) is 4.41. The van der Waals surface area contributed by atoms with Crippen LogP contribution < -0.4 is 5.69 Å². The summed E-state index contributed by atoms with van der Waals surface area (Å²) in [5, 5.41) is 10.5. The van der Waals surface area contributed by atoms with Gasteiger partial charge in [0.25, 0.3) is 0 Å². The fraction of sp³-hybridized carbons (Fsp3) is 0.389. The quantitative estimate of drug-likeness (QED) is 0.595. The first-order valence-corrected chi connectivity index (χ1v) is 10.4. The van der Waals surface area contributed by atoms with E-state index in [1.165, 1.54) is 5.56 Å². The van der Waals surface area contributed by atoms with Crippen molar-refractivity contribution in [3.63, 3.8) is 0 Å². The Kier molecular flexibility index (Phi) is 6.09. The molecule has 0 saturated heterocycles. The normalized spacial score (nSPS) is 11.1. The minimum atomic E-state index is -0.133. The standard InChI is InChI=1S/C18H22N4OS2/c1-3-5-10-22-17(23)20-21-18(22)25-12-15-11-24-16(19-15)14-8-6-13(4-2)7-9-14/h6-9,11H,3-5,10,12H2,1-2H3,(H,20,23). The predicted octanol–water partition coefficient (Wildman–Crippen LogP) is 4.35. The van der Waals surface area contributed by atoms with Crippen LogP contribution in [0.15, 0.2) is 39.6 Å². The van der Waals surface area contributed by atoms with Crippen LogP contribution in [0.5, 0.6) is 0 Å². The second kappa shape index (κ2) is 8.49. The molecular formula is C18H22N4OS2. The van der Waals surface area contributed by atoms with Gasteiger partial charge < -0.3 is 0 Å². The number of aromatic nitrogens is 4. The lowest BCUT2D eigenvalue weighted by Crippen LogP contribution is -2.17. The molecule has 0 fully saturated rings. The van der Waals surface area contributed by atoms with Gasteiger partial charge in [-0.25, -0.2) is 14.9 Å². The lowest BCUT2D eigenvalue weighted by atomic mass is 10.1. The van der Waals surface area contributed by atoms with Crippen LogP contribution in [0.2, 0.25) is 0 Å². The molecule has 0 atom stereocenters. The van der Waals surface area contributed by atoms with Gasteiger partial charge in [0.05, 0.1) is 5.69 Å².